The van der Waals surface area contributed by atoms with Crippen molar-refractivity contribution in [1.82, 2.24) is 15.0 Å². The second kappa shape index (κ2) is 8.31. The van der Waals surface area contributed by atoms with E-state index in [2.05, 4.69) is 30.6 Å². The molecule has 160 valence electrons. The summed E-state index contributed by atoms with van der Waals surface area (Å²) >= 11 is 0. The molecule has 0 unspecified atom stereocenters. The summed E-state index contributed by atoms with van der Waals surface area (Å²) in [5, 5.41) is 25.4. The topological polar surface area (TPSA) is 130 Å². The van der Waals surface area contributed by atoms with Gasteiger partial charge in [0.05, 0.1) is 24.4 Å². The van der Waals surface area contributed by atoms with Crippen LogP contribution in [-0.2, 0) is 6.54 Å². The largest absolute Gasteiger partial charge is 0.453 e. The highest BCUT2D eigenvalue weighted by molar-refractivity contribution is 5.54. The minimum Gasteiger partial charge on any atom is -0.453 e. The van der Waals surface area contributed by atoms with Crippen molar-refractivity contribution in [3.63, 3.8) is 0 Å². The summed E-state index contributed by atoms with van der Waals surface area (Å²) in [6, 6.07) is 2.01. The molecule has 3 rings (SSSR count). The molecule has 1 aliphatic rings. The fourth-order valence-corrected chi connectivity index (χ4v) is 2.98. The first-order valence-electron chi connectivity index (χ1n) is 9.41. The molecule has 9 nitrogen and oxygen atoms in total. The van der Waals surface area contributed by atoms with Crippen LogP contribution in [0.4, 0.5) is 20.5 Å². The first-order valence-corrected chi connectivity index (χ1v) is 9.41. The Morgan fingerprint density at radius 1 is 1.43 bits per heavy atom. The summed E-state index contributed by atoms with van der Waals surface area (Å²) in [5.74, 6) is -2.31. The zero-order valence-corrected chi connectivity index (χ0v) is 16.9. The monoisotopic (exact) mass is 420 g/mol. The Morgan fingerprint density at radius 2 is 2.20 bits per heavy atom. The van der Waals surface area contributed by atoms with Gasteiger partial charge in [-0.25, -0.2) is 18.7 Å². The third kappa shape index (κ3) is 4.88. The highest BCUT2D eigenvalue weighted by Gasteiger charge is 2.47. The van der Waals surface area contributed by atoms with Gasteiger partial charge in [-0.1, -0.05) is 13.8 Å². The van der Waals surface area contributed by atoms with Gasteiger partial charge in [-0.15, -0.1) is 0 Å². The van der Waals surface area contributed by atoms with Crippen molar-refractivity contribution >= 4 is 11.8 Å². The van der Waals surface area contributed by atoms with Gasteiger partial charge >= 0.3 is 5.88 Å². The lowest BCUT2D eigenvalue weighted by molar-refractivity contribution is -0.383. The van der Waals surface area contributed by atoms with Gasteiger partial charge in [0.1, 0.15) is 23.6 Å². The number of nitriles is 1. The number of aliphatic hydroxyl groups excluding tert-OH is 1. The summed E-state index contributed by atoms with van der Waals surface area (Å²) in [5.41, 5.74) is 0.443. The number of aromatic nitrogens is 4. The number of nitrogens with zero attached hydrogens (tertiary/aromatic N) is 4. The Morgan fingerprint density at radius 3 is 2.83 bits per heavy atom. The molecule has 0 aliphatic heterocycles. The quantitative estimate of drug-likeness (QED) is 0.589. The van der Waals surface area contributed by atoms with Gasteiger partial charge in [0.25, 0.3) is 12.2 Å². The molecule has 2 aromatic heterocycles. The molecule has 0 saturated heterocycles. The smallest absolute Gasteiger partial charge is 0.336 e. The standard InChI is InChI=1S/C19H23F2N7O2/c1-18(2)13(4-14(18)29)27-15-11(5-22)7-24-17(28-15)25-8-12-6-23-10-26-16(12)30-9-19(3,20)21/h6-7,10,13-14,29H,4,8-9H2,1-3H3,(H2,24,25,27,28)/p+1/t13-,14+/m1/s1. The van der Waals surface area contributed by atoms with Crippen LogP contribution in [-0.4, -0.2) is 44.7 Å². The van der Waals surface area contributed by atoms with Gasteiger partial charge in [-0.05, 0) is 11.4 Å². The van der Waals surface area contributed by atoms with E-state index in [1.54, 1.807) is 6.20 Å². The zero-order valence-electron chi connectivity index (χ0n) is 16.9. The molecule has 2 heterocycles. The maximum atomic E-state index is 13.1. The van der Waals surface area contributed by atoms with Crippen molar-refractivity contribution in [2.24, 2.45) is 5.41 Å². The maximum Gasteiger partial charge on any atom is 0.336 e. The summed E-state index contributed by atoms with van der Waals surface area (Å²) in [6.07, 6.45) is 4.44. The van der Waals surface area contributed by atoms with Crippen molar-refractivity contribution in [2.45, 2.75) is 51.8 Å². The lowest BCUT2D eigenvalue weighted by Gasteiger charge is -2.49. The first-order chi connectivity index (χ1) is 14.1. The minimum absolute atomic E-state index is 0.0361. The second-order valence-electron chi connectivity index (χ2n) is 7.95. The Balaban J connectivity index is 1.70. The van der Waals surface area contributed by atoms with E-state index in [1.165, 1.54) is 12.5 Å². The molecule has 1 aliphatic carbocycles. The summed E-state index contributed by atoms with van der Waals surface area (Å²) in [6.45, 7) is 4.01. The Hall–Kier alpha value is -3.13. The van der Waals surface area contributed by atoms with E-state index in [0.29, 0.717) is 17.8 Å². The van der Waals surface area contributed by atoms with E-state index >= 15 is 0 Å². The van der Waals surface area contributed by atoms with Crippen LogP contribution in [0, 0.1) is 16.7 Å². The number of alkyl halides is 2. The summed E-state index contributed by atoms with van der Waals surface area (Å²) in [4.78, 5) is 15.2. The molecule has 0 bridgehead atoms. The number of nitrogens with one attached hydrogen (secondary N) is 3. The number of anilines is 2. The maximum absolute atomic E-state index is 13.1. The van der Waals surface area contributed by atoms with Crippen molar-refractivity contribution in [1.29, 1.82) is 5.26 Å². The molecule has 11 heteroatoms. The van der Waals surface area contributed by atoms with Crippen molar-refractivity contribution in [3.05, 3.63) is 29.8 Å². The van der Waals surface area contributed by atoms with Gasteiger partial charge in [0.2, 0.25) is 5.95 Å². The molecule has 0 spiro atoms. The predicted molar refractivity (Wildman–Crippen MR) is 103 cm³/mol. The Bertz CT molecular complexity index is 943. The number of aliphatic hydroxyl groups is 1. The molecular formula is C19H24F2N7O2+. The highest BCUT2D eigenvalue weighted by atomic mass is 19.3. The number of halogens is 2. The number of hydrogen-bond acceptors (Lipinski definition) is 8. The average molecular weight is 420 g/mol. The zero-order chi connectivity index (χ0) is 21.9. The molecule has 1 saturated carbocycles. The van der Waals surface area contributed by atoms with Crippen LogP contribution in [0.25, 0.3) is 0 Å². The first kappa shape index (κ1) is 21.6. The predicted octanol–water partition coefficient (Wildman–Crippen LogP) is 1.77. The normalized spacial score (nSPS) is 20.0. The van der Waals surface area contributed by atoms with Crippen LogP contribution < -0.4 is 20.4 Å². The SMILES string of the molecule is CC(F)(F)COc1nc[nH+]cc1CNc1ncc(C#N)c(N[C@@H]2C[C@H](O)C2(C)C)n1. The summed E-state index contributed by atoms with van der Waals surface area (Å²) < 4.78 is 31.3. The lowest BCUT2D eigenvalue weighted by atomic mass is 9.64. The summed E-state index contributed by atoms with van der Waals surface area (Å²) in [7, 11) is 0. The van der Waals surface area contributed by atoms with E-state index in [-0.39, 0.29) is 35.4 Å². The third-order valence-corrected chi connectivity index (χ3v) is 5.12. The molecule has 2 atom stereocenters. The molecule has 2 aromatic rings. The van der Waals surface area contributed by atoms with Crippen LogP contribution in [0.15, 0.2) is 18.7 Å². The number of ether oxygens (including phenoxy) is 1. The van der Waals surface area contributed by atoms with E-state index in [9.17, 15) is 19.1 Å². The van der Waals surface area contributed by atoms with Crippen molar-refractivity contribution in [2.75, 3.05) is 17.2 Å². The number of H-pyrrole nitrogens is 1. The number of rotatable bonds is 8. The molecule has 30 heavy (non-hydrogen) atoms. The van der Waals surface area contributed by atoms with Gasteiger partial charge < -0.3 is 20.5 Å². The Labute approximate surface area is 172 Å². The number of hydrogen-bond donors (Lipinski definition) is 3. The molecule has 1 fully saturated rings. The highest BCUT2D eigenvalue weighted by Crippen LogP contribution is 2.42. The Kier molecular flexibility index (Phi) is 5.98. The second-order valence-corrected chi connectivity index (χ2v) is 7.95. The fourth-order valence-electron chi connectivity index (χ4n) is 2.98. The van der Waals surface area contributed by atoms with E-state index in [4.69, 9.17) is 4.74 Å². The van der Waals surface area contributed by atoms with Crippen molar-refractivity contribution < 1.29 is 23.6 Å². The van der Waals surface area contributed by atoms with E-state index in [1.807, 2.05) is 19.9 Å². The van der Waals surface area contributed by atoms with Crippen molar-refractivity contribution in [3.8, 4) is 11.9 Å². The van der Waals surface area contributed by atoms with Gasteiger partial charge in [0.15, 0.2) is 6.61 Å². The van der Waals surface area contributed by atoms with E-state index in [0.717, 1.165) is 6.92 Å². The van der Waals surface area contributed by atoms with Crippen LogP contribution >= 0.6 is 0 Å². The van der Waals surface area contributed by atoms with Crippen LogP contribution in [0.3, 0.4) is 0 Å². The molecule has 4 N–H and O–H groups in total. The number of aromatic amines is 1. The van der Waals surface area contributed by atoms with Crippen LogP contribution in [0.2, 0.25) is 0 Å². The van der Waals surface area contributed by atoms with E-state index < -0.39 is 18.6 Å². The van der Waals surface area contributed by atoms with Gasteiger partial charge in [-0.3, -0.25) is 0 Å². The third-order valence-electron chi connectivity index (χ3n) is 5.12. The molecular weight excluding hydrogens is 396 g/mol. The minimum atomic E-state index is -2.98. The molecule has 0 radical (unpaired) electrons. The van der Waals surface area contributed by atoms with Crippen LogP contribution in [0.1, 0.15) is 38.3 Å². The fraction of sp³-hybridized carbons (Fsp3) is 0.526. The molecule has 0 amide bonds. The lowest BCUT2D eigenvalue weighted by Crippen LogP contribution is -2.57. The van der Waals surface area contributed by atoms with Gasteiger partial charge in [-0.2, -0.15) is 10.2 Å². The molecule has 0 aromatic carbocycles. The van der Waals surface area contributed by atoms with Crippen LogP contribution in [0.5, 0.6) is 5.88 Å². The van der Waals surface area contributed by atoms with Gasteiger partial charge in [0, 0.05) is 18.4 Å². The average Bonchev–Trinajstić information content (AvgIpc) is 2.70.